The van der Waals surface area contributed by atoms with Gasteiger partial charge in [0.1, 0.15) is 6.04 Å². The zero-order valence-electron chi connectivity index (χ0n) is 11.9. The lowest BCUT2D eigenvalue weighted by Gasteiger charge is -2.14. The van der Waals surface area contributed by atoms with Crippen LogP contribution in [-0.2, 0) is 11.3 Å². The Kier molecular flexibility index (Phi) is 4.14. The van der Waals surface area contributed by atoms with Gasteiger partial charge >= 0.3 is 0 Å². The van der Waals surface area contributed by atoms with Crippen LogP contribution in [0.3, 0.4) is 0 Å². The number of benzene rings is 1. The predicted molar refractivity (Wildman–Crippen MR) is 77.2 cm³/mol. The summed E-state index contributed by atoms with van der Waals surface area (Å²) in [4.78, 5) is 12.2. The number of aromatic nitrogens is 3. The van der Waals surface area contributed by atoms with Crippen molar-refractivity contribution in [3.8, 4) is 0 Å². The van der Waals surface area contributed by atoms with Gasteiger partial charge in [0.2, 0.25) is 5.91 Å². The van der Waals surface area contributed by atoms with E-state index in [2.05, 4.69) is 15.6 Å². The van der Waals surface area contributed by atoms with Crippen molar-refractivity contribution in [1.82, 2.24) is 15.0 Å². The largest absolute Gasteiger partial charge is 0.325 e. The molecule has 2 rings (SSSR count). The van der Waals surface area contributed by atoms with Crippen molar-refractivity contribution in [3.63, 3.8) is 0 Å². The summed E-state index contributed by atoms with van der Waals surface area (Å²) in [5.74, 6) is -0.132. The van der Waals surface area contributed by atoms with Crippen molar-refractivity contribution in [1.29, 1.82) is 0 Å². The highest BCUT2D eigenvalue weighted by atomic mass is 16.2. The zero-order valence-corrected chi connectivity index (χ0v) is 11.9. The van der Waals surface area contributed by atoms with Crippen LogP contribution in [-0.4, -0.2) is 20.9 Å². The molecule has 1 aromatic carbocycles. The number of anilines is 1. The SMILES string of the molecule is Cc1cccc(NC(=O)C(C)n2cc(CN)nn2)c1C. The molecule has 3 N–H and O–H groups in total. The molecule has 1 unspecified atom stereocenters. The molecule has 0 spiro atoms. The molecule has 0 aliphatic rings. The van der Waals surface area contributed by atoms with E-state index >= 15 is 0 Å². The predicted octanol–water partition coefficient (Wildman–Crippen LogP) is 1.55. The second-order valence-corrected chi connectivity index (χ2v) is 4.81. The first-order valence-corrected chi connectivity index (χ1v) is 6.50. The fraction of sp³-hybridized carbons (Fsp3) is 0.357. The number of amides is 1. The van der Waals surface area contributed by atoms with Crippen LogP contribution in [0.5, 0.6) is 0 Å². The third-order valence-corrected chi connectivity index (χ3v) is 3.41. The summed E-state index contributed by atoms with van der Waals surface area (Å²) in [7, 11) is 0. The highest BCUT2D eigenvalue weighted by Crippen LogP contribution is 2.19. The van der Waals surface area contributed by atoms with E-state index in [9.17, 15) is 4.79 Å². The number of nitrogens with two attached hydrogens (primary N) is 1. The van der Waals surface area contributed by atoms with Crippen LogP contribution in [0.2, 0.25) is 0 Å². The van der Waals surface area contributed by atoms with Crippen LogP contribution in [0.4, 0.5) is 5.69 Å². The summed E-state index contributed by atoms with van der Waals surface area (Å²) in [5, 5.41) is 10.7. The molecule has 0 saturated carbocycles. The Labute approximate surface area is 118 Å². The minimum atomic E-state index is -0.442. The minimum absolute atomic E-state index is 0.132. The fourth-order valence-corrected chi connectivity index (χ4v) is 1.84. The van der Waals surface area contributed by atoms with E-state index in [1.165, 1.54) is 4.68 Å². The van der Waals surface area contributed by atoms with Crippen LogP contribution >= 0.6 is 0 Å². The Morgan fingerprint density at radius 1 is 1.45 bits per heavy atom. The van der Waals surface area contributed by atoms with E-state index in [1.54, 1.807) is 13.1 Å². The van der Waals surface area contributed by atoms with E-state index < -0.39 is 6.04 Å². The maximum Gasteiger partial charge on any atom is 0.249 e. The van der Waals surface area contributed by atoms with E-state index in [-0.39, 0.29) is 5.91 Å². The number of nitrogens with zero attached hydrogens (tertiary/aromatic N) is 3. The Morgan fingerprint density at radius 3 is 2.85 bits per heavy atom. The molecule has 6 heteroatoms. The Bertz CT molecular complexity index is 620. The maximum atomic E-state index is 12.2. The van der Waals surface area contributed by atoms with Gasteiger partial charge in [0.25, 0.3) is 0 Å². The molecule has 0 fully saturated rings. The first-order chi connectivity index (χ1) is 9.52. The average Bonchev–Trinajstić information content (AvgIpc) is 2.91. The lowest BCUT2D eigenvalue weighted by atomic mass is 10.1. The molecule has 1 amide bonds. The fourth-order valence-electron chi connectivity index (χ4n) is 1.84. The van der Waals surface area contributed by atoms with Gasteiger partial charge in [-0.05, 0) is 38.0 Å². The highest BCUT2D eigenvalue weighted by Gasteiger charge is 2.17. The van der Waals surface area contributed by atoms with Gasteiger partial charge in [0.05, 0.1) is 11.9 Å². The lowest BCUT2D eigenvalue weighted by Crippen LogP contribution is -2.24. The quantitative estimate of drug-likeness (QED) is 0.885. The molecule has 0 bridgehead atoms. The first kappa shape index (κ1) is 14.2. The molecule has 0 aliphatic carbocycles. The monoisotopic (exact) mass is 273 g/mol. The average molecular weight is 273 g/mol. The van der Waals surface area contributed by atoms with Crippen LogP contribution in [0, 0.1) is 13.8 Å². The molecule has 0 radical (unpaired) electrons. The summed E-state index contributed by atoms with van der Waals surface area (Å²) in [6, 6.07) is 5.38. The number of carbonyl (C=O) groups excluding carboxylic acids is 1. The number of nitrogens with one attached hydrogen (secondary N) is 1. The number of aryl methyl sites for hydroxylation is 1. The molecule has 0 aliphatic heterocycles. The van der Waals surface area contributed by atoms with Crippen LogP contribution in [0.15, 0.2) is 24.4 Å². The number of carbonyl (C=O) groups is 1. The van der Waals surface area contributed by atoms with Gasteiger partial charge in [-0.1, -0.05) is 17.3 Å². The number of hydrogen-bond acceptors (Lipinski definition) is 4. The maximum absolute atomic E-state index is 12.2. The van der Waals surface area contributed by atoms with Gasteiger partial charge < -0.3 is 11.1 Å². The molecule has 1 atom stereocenters. The van der Waals surface area contributed by atoms with E-state index in [0.717, 1.165) is 16.8 Å². The molecular weight excluding hydrogens is 254 g/mol. The van der Waals surface area contributed by atoms with Crippen molar-refractivity contribution < 1.29 is 4.79 Å². The Morgan fingerprint density at radius 2 is 2.20 bits per heavy atom. The van der Waals surface area contributed by atoms with E-state index in [1.807, 2.05) is 32.0 Å². The van der Waals surface area contributed by atoms with Gasteiger partial charge in [-0.15, -0.1) is 5.10 Å². The highest BCUT2D eigenvalue weighted by molar-refractivity contribution is 5.94. The molecule has 6 nitrogen and oxygen atoms in total. The van der Waals surface area contributed by atoms with Crippen LogP contribution in [0.1, 0.15) is 29.8 Å². The second kappa shape index (κ2) is 5.83. The Hall–Kier alpha value is -2.21. The molecular formula is C14H19N5O. The molecule has 2 aromatic rings. The van der Waals surface area contributed by atoms with E-state index in [4.69, 9.17) is 5.73 Å². The lowest BCUT2D eigenvalue weighted by molar-refractivity contribution is -0.119. The summed E-state index contributed by atoms with van der Waals surface area (Å²) in [5.41, 5.74) is 9.17. The molecule has 0 saturated heterocycles. The van der Waals surface area contributed by atoms with E-state index in [0.29, 0.717) is 12.2 Å². The van der Waals surface area contributed by atoms with Gasteiger partial charge in [-0.25, -0.2) is 4.68 Å². The van der Waals surface area contributed by atoms with Gasteiger partial charge in [-0.2, -0.15) is 0 Å². The van der Waals surface area contributed by atoms with Crippen molar-refractivity contribution >= 4 is 11.6 Å². The topological polar surface area (TPSA) is 85.8 Å². The summed E-state index contributed by atoms with van der Waals surface area (Å²) < 4.78 is 1.52. The smallest absolute Gasteiger partial charge is 0.249 e. The summed E-state index contributed by atoms with van der Waals surface area (Å²) in [6.45, 7) is 6.08. The van der Waals surface area contributed by atoms with Crippen LogP contribution in [0.25, 0.3) is 0 Å². The molecule has 1 aromatic heterocycles. The molecule has 20 heavy (non-hydrogen) atoms. The summed E-state index contributed by atoms with van der Waals surface area (Å²) >= 11 is 0. The molecule has 106 valence electrons. The third-order valence-electron chi connectivity index (χ3n) is 3.41. The van der Waals surface area contributed by atoms with Crippen molar-refractivity contribution in [2.24, 2.45) is 5.73 Å². The molecule has 1 heterocycles. The Balaban J connectivity index is 2.13. The minimum Gasteiger partial charge on any atom is -0.325 e. The normalized spacial score (nSPS) is 12.2. The third kappa shape index (κ3) is 2.85. The number of rotatable bonds is 4. The zero-order chi connectivity index (χ0) is 14.7. The van der Waals surface area contributed by atoms with Gasteiger partial charge in [-0.3, -0.25) is 4.79 Å². The van der Waals surface area contributed by atoms with Crippen molar-refractivity contribution in [2.75, 3.05) is 5.32 Å². The standard InChI is InChI=1S/C14H19N5O/c1-9-5-4-6-13(10(9)2)16-14(20)11(3)19-8-12(7-15)17-18-19/h4-6,8,11H,7,15H2,1-3H3,(H,16,20). The first-order valence-electron chi connectivity index (χ1n) is 6.50. The van der Waals surface area contributed by atoms with Gasteiger partial charge in [0, 0.05) is 12.2 Å². The number of hydrogen-bond donors (Lipinski definition) is 2. The summed E-state index contributed by atoms with van der Waals surface area (Å²) in [6.07, 6.45) is 1.69. The van der Waals surface area contributed by atoms with Gasteiger partial charge in [0.15, 0.2) is 0 Å². The second-order valence-electron chi connectivity index (χ2n) is 4.81. The van der Waals surface area contributed by atoms with Crippen molar-refractivity contribution in [3.05, 3.63) is 41.2 Å². The van der Waals surface area contributed by atoms with Crippen LogP contribution < -0.4 is 11.1 Å². The van der Waals surface area contributed by atoms with Crippen molar-refractivity contribution in [2.45, 2.75) is 33.4 Å².